The summed E-state index contributed by atoms with van der Waals surface area (Å²) in [7, 11) is -0.385. The first kappa shape index (κ1) is 22.6. The summed E-state index contributed by atoms with van der Waals surface area (Å²) in [5.74, 6) is 2.30. The average Bonchev–Trinajstić information content (AvgIpc) is 2.58. The van der Waals surface area contributed by atoms with E-state index in [0.29, 0.717) is 11.8 Å². The molecule has 0 nitrogen and oxygen atoms in total. The monoisotopic (exact) mass is 366 g/mol. The number of hydrogen-bond acceptors (Lipinski definition) is 0. The van der Waals surface area contributed by atoms with E-state index in [-0.39, 0.29) is 13.7 Å². The number of rotatable bonds is 13. The molecule has 0 aliphatic carbocycles. The molecule has 4 unspecified atom stereocenters. The SMILES string of the molecule is CCCC(C)CP(CC(C)CCC(CC)CCC)c1ccccc1F. The van der Waals surface area contributed by atoms with Gasteiger partial charge in [0.2, 0.25) is 0 Å². The molecule has 0 fully saturated rings. The van der Waals surface area contributed by atoms with Gasteiger partial charge in [-0.15, -0.1) is 0 Å². The molecule has 0 saturated heterocycles. The lowest BCUT2D eigenvalue weighted by Crippen LogP contribution is -2.17. The molecule has 1 rings (SSSR count). The Morgan fingerprint density at radius 1 is 0.840 bits per heavy atom. The third kappa shape index (κ3) is 8.67. The molecule has 144 valence electrons. The van der Waals surface area contributed by atoms with E-state index < -0.39 is 0 Å². The summed E-state index contributed by atoms with van der Waals surface area (Å²) < 4.78 is 14.4. The Hall–Kier alpha value is -0.420. The average molecular weight is 367 g/mol. The van der Waals surface area contributed by atoms with Crippen LogP contribution in [0.25, 0.3) is 0 Å². The number of benzene rings is 1. The van der Waals surface area contributed by atoms with Crippen molar-refractivity contribution in [2.24, 2.45) is 17.8 Å². The summed E-state index contributed by atoms with van der Waals surface area (Å²) in [6.07, 6.45) is 11.5. The predicted molar refractivity (Wildman–Crippen MR) is 114 cm³/mol. The largest absolute Gasteiger partial charge is 0.206 e. The summed E-state index contributed by atoms with van der Waals surface area (Å²) in [6, 6.07) is 7.52. The third-order valence-corrected chi connectivity index (χ3v) is 8.55. The smallest absolute Gasteiger partial charge is 0.130 e. The summed E-state index contributed by atoms with van der Waals surface area (Å²) in [4.78, 5) is 0. The van der Waals surface area contributed by atoms with Gasteiger partial charge in [-0.05, 0) is 36.1 Å². The molecule has 25 heavy (non-hydrogen) atoms. The van der Waals surface area contributed by atoms with Crippen molar-refractivity contribution in [3.8, 4) is 0 Å². The Bertz CT molecular complexity index is 459. The minimum atomic E-state index is -0.385. The molecule has 2 heteroatoms. The van der Waals surface area contributed by atoms with Gasteiger partial charge in [0.25, 0.3) is 0 Å². The fourth-order valence-electron chi connectivity index (χ4n) is 3.89. The second-order valence-electron chi connectivity index (χ2n) is 8.00. The highest BCUT2D eigenvalue weighted by molar-refractivity contribution is 7.65. The van der Waals surface area contributed by atoms with Gasteiger partial charge in [-0.2, -0.15) is 0 Å². The molecule has 0 heterocycles. The molecule has 0 N–H and O–H groups in total. The van der Waals surface area contributed by atoms with Gasteiger partial charge >= 0.3 is 0 Å². The van der Waals surface area contributed by atoms with E-state index in [1.807, 2.05) is 18.2 Å². The van der Waals surface area contributed by atoms with E-state index in [2.05, 4.69) is 34.6 Å². The first-order valence-electron chi connectivity index (χ1n) is 10.5. The van der Waals surface area contributed by atoms with Crippen LogP contribution >= 0.6 is 7.92 Å². The van der Waals surface area contributed by atoms with Crippen molar-refractivity contribution in [3.05, 3.63) is 30.1 Å². The lowest BCUT2D eigenvalue weighted by atomic mass is 9.92. The number of hydrogen-bond donors (Lipinski definition) is 0. The molecule has 4 atom stereocenters. The van der Waals surface area contributed by atoms with E-state index in [0.717, 1.165) is 11.2 Å². The van der Waals surface area contributed by atoms with Crippen molar-refractivity contribution in [1.82, 2.24) is 0 Å². The predicted octanol–water partition coefficient (Wildman–Crippen LogP) is 7.61. The summed E-state index contributed by atoms with van der Waals surface area (Å²) in [6.45, 7) is 11.6. The molecule has 1 aromatic carbocycles. The number of halogens is 1. The molecular formula is C23H40FP. The first-order valence-corrected chi connectivity index (χ1v) is 12.2. The Kier molecular flexibility index (Phi) is 11.6. The lowest BCUT2D eigenvalue weighted by molar-refractivity contribution is 0.389. The topological polar surface area (TPSA) is 0 Å². The summed E-state index contributed by atoms with van der Waals surface area (Å²) >= 11 is 0. The molecule has 0 radical (unpaired) electrons. The highest BCUT2D eigenvalue weighted by Crippen LogP contribution is 2.41. The molecule has 0 saturated carbocycles. The van der Waals surface area contributed by atoms with Crippen LogP contribution in [-0.2, 0) is 0 Å². The Balaban J connectivity index is 2.70. The van der Waals surface area contributed by atoms with Gasteiger partial charge in [0, 0.05) is 5.30 Å². The van der Waals surface area contributed by atoms with Gasteiger partial charge in [0.1, 0.15) is 5.82 Å². The van der Waals surface area contributed by atoms with Crippen LogP contribution in [0.1, 0.15) is 79.6 Å². The van der Waals surface area contributed by atoms with Crippen molar-refractivity contribution in [2.45, 2.75) is 79.6 Å². The van der Waals surface area contributed by atoms with Crippen molar-refractivity contribution in [3.63, 3.8) is 0 Å². The molecule has 0 aliphatic rings. The van der Waals surface area contributed by atoms with Gasteiger partial charge in [-0.1, -0.05) is 106 Å². The van der Waals surface area contributed by atoms with Crippen LogP contribution in [0.4, 0.5) is 4.39 Å². The normalized spacial score (nSPS) is 16.4. The summed E-state index contributed by atoms with van der Waals surface area (Å²) in [5, 5.41) is 1.01. The fourth-order valence-corrected chi connectivity index (χ4v) is 6.97. The summed E-state index contributed by atoms with van der Waals surface area (Å²) in [5.41, 5.74) is 0. The van der Waals surface area contributed by atoms with Gasteiger partial charge in [-0.25, -0.2) is 4.39 Å². The van der Waals surface area contributed by atoms with Crippen molar-refractivity contribution in [2.75, 3.05) is 12.3 Å². The van der Waals surface area contributed by atoms with E-state index in [1.54, 1.807) is 6.07 Å². The minimum absolute atomic E-state index is 0.0157. The van der Waals surface area contributed by atoms with Gasteiger partial charge in [-0.3, -0.25) is 0 Å². The van der Waals surface area contributed by atoms with E-state index in [1.165, 1.54) is 57.3 Å². The third-order valence-electron chi connectivity index (χ3n) is 5.38. The zero-order chi connectivity index (χ0) is 18.7. The molecule has 0 amide bonds. The van der Waals surface area contributed by atoms with Crippen LogP contribution in [0.15, 0.2) is 24.3 Å². The van der Waals surface area contributed by atoms with Crippen LogP contribution in [-0.4, -0.2) is 12.3 Å². The quantitative estimate of drug-likeness (QED) is 0.315. The van der Waals surface area contributed by atoms with Crippen LogP contribution in [0.5, 0.6) is 0 Å². The van der Waals surface area contributed by atoms with E-state index >= 15 is 0 Å². The second-order valence-corrected chi connectivity index (χ2v) is 10.3. The van der Waals surface area contributed by atoms with E-state index in [9.17, 15) is 4.39 Å². The molecule has 0 bridgehead atoms. The molecule has 0 aromatic heterocycles. The first-order chi connectivity index (χ1) is 12.0. The highest BCUT2D eigenvalue weighted by Gasteiger charge is 2.21. The van der Waals surface area contributed by atoms with Crippen LogP contribution in [0, 0.1) is 23.6 Å². The zero-order valence-corrected chi connectivity index (χ0v) is 18.1. The highest BCUT2D eigenvalue weighted by atomic mass is 31.1. The van der Waals surface area contributed by atoms with Crippen LogP contribution in [0.2, 0.25) is 0 Å². The molecule has 1 aromatic rings. The Labute approximate surface area is 157 Å². The molecule has 0 aliphatic heterocycles. The Morgan fingerprint density at radius 2 is 1.44 bits per heavy atom. The van der Waals surface area contributed by atoms with Crippen LogP contribution < -0.4 is 5.30 Å². The van der Waals surface area contributed by atoms with E-state index in [4.69, 9.17) is 0 Å². The zero-order valence-electron chi connectivity index (χ0n) is 17.2. The van der Waals surface area contributed by atoms with Crippen molar-refractivity contribution >= 4 is 13.2 Å². The maximum atomic E-state index is 14.4. The standard InChI is InChI=1S/C23H40FP/c1-6-11-19(4)17-25(23-14-10-9-13-22(23)24)18-20(5)15-16-21(8-3)12-7-2/h9-10,13-14,19-21H,6-8,11-12,15-18H2,1-5H3. The van der Waals surface area contributed by atoms with Crippen molar-refractivity contribution in [1.29, 1.82) is 0 Å². The maximum Gasteiger partial charge on any atom is 0.130 e. The van der Waals surface area contributed by atoms with Gasteiger partial charge in [0.05, 0.1) is 0 Å². The lowest BCUT2D eigenvalue weighted by Gasteiger charge is -2.26. The van der Waals surface area contributed by atoms with Crippen LogP contribution in [0.3, 0.4) is 0 Å². The van der Waals surface area contributed by atoms with Crippen molar-refractivity contribution < 1.29 is 4.39 Å². The minimum Gasteiger partial charge on any atom is -0.206 e. The maximum absolute atomic E-state index is 14.4. The molecular weight excluding hydrogens is 326 g/mol. The Morgan fingerprint density at radius 3 is 2.00 bits per heavy atom. The van der Waals surface area contributed by atoms with Gasteiger partial charge in [0.15, 0.2) is 0 Å². The fraction of sp³-hybridized carbons (Fsp3) is 0.739. The van der Waals surface area contributed by atoms with Gasteiger partial charge < -0.3 is 0 Å². The second kappa shape index (κ2) is 12.9. The molecule has 0 spiro atoms.